The van der Waals surface area contributed by atoms with E-state index in [1.54, 1.807) is 38.6 Å². The van der Waals surface area contributed by atoms with Crippen molar-refractivity contribution in [1.82, 2.24) is 19.5 Å². The van der Waals surface area contributed by atoms with Gasteiger partial charge in [0.2, 0.25) is 12.4 Å². The number of rotatable bonds is 11. The maximum Gasteiger partial charge on any atom is 0.356 e. The Bertz CT molecular complexity index is 841. The molecule has 0 bridgehead atoms. The first-order chi connectivity index (χ1) is 13.1. The SMILES string of the molecule is CC(C)OP(=O)(CO[C@H](C)Cn1cnc2c(N)nc(NC=O)nc21)OC(C)C. The summed E-state index contributed by atoms with van der Waals surface area (Å²) in [5.74, 6) is 0.234. The largest absolute Gasteiger partial charge is 0.382 e. The summed E-state index contributed by atoms with van der Waals surface area (Å²) in [6, 6.07) is 0. The third-order valence-corrected chi connectivity index (χ3v) is 5.34. The lowest BCUT2D eigenvalue weighted by molar-refractivity contribution is -0.105. The number of nitrogen functional groups attached to an aromatic ring is 1. The topological polar surface area (TPSA) is 143 Å². The van der Waals surface area contributed by atoms with Crippen LogP contribution >= 0.6 is 7.60 Å². The van der Waals surface area contributed by atoms with Crippen molar-refractivity contribution in [3.8, 4) is 0 Å². The standard InChI is InChI=1S/C16H27N6O5P/c1-10(2)26-28(24,27-11(3)4)9-25-12(5)6-22-7-18-13-14(17)20-16(19-8-23)21-15(13)22/h7-8,10-12H,6,9H2,1-5H3,(H3,17,19,20,21,23)/t12-/m1/s1. The number of carbonyl (C=O) groups is 1. The summed E-state index contributed by atoms with van der Waals surface area (Å²) < 4.78 is 31.2. The maximum absolute atomic E-state index is 12.8. The van der Waals surface area contributed by atoms with E-state index in [0.29, 0.717) is 24.1 Å². The van der Waals surface area contributed by atoms with Crippen molar-refractivity contribution in [2.45, 2.75) is 59.5 Å². The number of imidazole rings is 1. The minimum atomic E-state index is -3.39. The fraction of sp³-hybridized carbons (Fsp3) is 0.625. The Labute approximate surface area is 163 Å². The third-order valence-electron chi connectivity index (χ3n) is 3.39. The second-order valence-electron chi connectivity index (χ2n) is 6.79. The zero-order valence-corrected chi connectivity index (χ0v) is 17.6. The molecular formula is C16H27N6O5P. The molecule has 156 valence electrons. The molecule has 0 aliphatic carbocycles. The highest BCUT2D eigenvalue weighted by Crippen LogP contribution is 2.50. The molecule has 0 saturated carbocycles. The Kier molecular flexibility index (Phi) is 7.48. The molecule has 0 aromatic carbocycles. The molecule has 11 nitrogen and oxygen atoms in total. The predicted molar refractivity (Wildman–Crippen MR) is 105 cm³/mol. The molecule has 12 heteroatoms. The number of hydrogen-bond acceptors (Lipinski definition) is 9. The van der Waals surface area contributed by atoms with Gasteiger partial charge in [-0.15, -0.1) is 0 Å². The molecule has 2 aromatic heterocycles. The van der Waals surface area contributed by atoms with Crippen LogP contribution in [0.15, 0.2) is 6.33 Å². The van der Waals surface area contributed by atoms with Gasteiger partial charge in [-0.05, 0) is 34.6 Å². The predicted octanol–water partition coefficient (Wildman–Crippen LogP) is 2.38. The van der Waals surface area contributed by atoms with E-state index in [9.17, 15) is 9.36 Å². The van der Waals surface area contributed by atoms with Crippen LogP contribution in [-0.4, -0.2) is 50.6 Å². The van der Waals surface area contributed by atoms with Crippen molar-refractivity contribution in [3.05, 3.63) is 6.33 Å². The molecule has 2 rings (SSSR count). The van der Waals surface area contributed by atoms with E-state index in [0.717, 1.165) is 0 Å². The van der Waals surface area contributed by atoms with Gasteiger partial charge in [-0.1, -0.05) is 0 Å². The quantitative estimate of drug-likeness (QED) is 0.418. The first kappa shape index (κ1) is 22.2. The van der Waals surface area contributed by atoms with Gasteiger partial charge in [-0.3, -0.25) is 14.7 Å². The zero-order valence-electron chi connectivity index (χ0n) is 16.7. The summed E-state index contributed by atoms with van der Waals surface area (Å²) in [6.45, 7) is 9.31. The molecule has 0 fully saturated rings. The van der Waals surface area contributed by atoms with Crippen LogP contribution in [0.2, 0.25) is 0 Å². The number of aromatic nitrogens is 4. The van der Waals surface area contributed by atoms with Crippen LogP contribution in [0.25, 0.3) is 11.2 Å². The lowest BCUT2D eigenvalue weighted by atomic mass is 10.4. The third kappa shape index (κ3) is 5.96. The van der Waals surface area contributed by atoms with Crippen molar-refractivity contribution in [2.75, 3.05) is 17.4 Å². The van der Waals surface area contributed by atoms with Crippen molar-refractivity contribution in [3.63, 3.8) is 0 Å². The molecular weight excluding hydrogens is 387 g/mol. The van der Waals surface area contributed by atoms with Crippen LogP contribution in [-0.2, 0) is 29.7 Å². The van der Waals surface area contributed by atoms with Crippen molar-refractivity contribution >= 4 is 36.9 Å². The van der Waals surface area contributed by atoms with E-state index in [2.05, 4.69) is 20.3 Å². The van der Waals surface area contributed by atoms with Gasteiger partial charge in [0.25, 0.3) is 0 Å². The lowest BCUT2D eigenvalue weighted by Crippen LogP contribution is -2.19. The Morgan fingerprint density at radius 2 is 1.86 bits per heavy atom. The molecule has 0 aliphatic heterocycles. The smallest absolute Gasteiger partial charge is 0.356 e. The van der Waals surface area contributed by atoms with Gasteiger partial charge >= 0.3 is 7.60 Å². The molecule has 0 spiro atoms. The molecule has 0 saturated heterocycles. The Morgan fingerprint density at radius 1 is 1.21 bits per heavy atom. The number of anilines is 2. The van der Waals surface area contributed by atoms with Gasteiger partial charge in [0.1, 0.15) is 11.9 Å². The monoisotopic (exact) mass is 414 g/mol. The molecule has 0 aliphatic rings. The van der Waals surface area contributed by atoms with E-state index in [1.165, 1.54) is 0 Å². The van der Waals surface area contributed by atoms with Gasteiger partial charge in [-0.25, -0.2) is 4.98 Å². The average molecular weight is 414 g/mol. The number of amides is 1. The number of fused-ring (bicyclic) bond motifs is 1. The van der Waals surface area contributed by atoms with Crippen LogP contribution in [0, 0.1) is 0 Å². The second kappa shape index (κ2) is 9.42. The number of nitrogens with two attached hydrogens (primary N) is 1. The van der Waals surface area contributed by atoms with Gasteiger partial charge in [0, 0.05) is 0 Å². The summed E-state index contributed by atoms with van der Waals surface area (Å²) in [7, 11) is -3.39. The highest BCUT2D eigenvalue weighted by Gasteiger charge is 2.29. The molecule has 1 atom stereocenters. The Morgan fingerprint density at radius 3 is 2.43 bits per heavy atom. The molecule has 1 amide bonds. The molecule has 2 aromatic rings. The van der Waals surface area contributed by atoms with Crippen molar-refractivity contribution in [1.29, 1.82) is 0 Å². The summed E-state index contributed by atoms with van der Waals surface area (Å²) in [4.78, 5) is 23.0. The van der Waals surface area contributed by atoms with Gasteiger partial charge in [-0.2, -0.15) is 9.97 Å². The van der Waals surface area contributed by atoms with E-state index in [1.807, 2.05) is 6.92 Å². The number of carbonyl (C=O) groups excluding carboxylic acids is 1. The molecule has 3 N–H and O–H groups in total. The first-order valence-corrected chi connectivity index (χ1v) is 10.6. The van der Waals surface area contributed by atoms with E-state index in [-0.39, 0.29) is 36.4 Å². The summed E-state index contributed by atoms with van der Waals surface area (Å²) in [5, 5.41) is 2.37. The minimum absolute atomic E-state index is 0.0792. The minimum Gasteiger partial charge on any atom is -0.382 e. The number of nitrogens with one attached hydrogen (secondary N) is 1. The summed E-state index contributed by atoms with van der Waals surface area (Å²) in [5.41, 5.74) is 6.72. The second-order valence-corrected chi connectivity index (χ2v) is 8.69. The van der Waals surface area contributed by atoms with Crippen LogP contribution in [0.4, 0.5) is 11.8 Å². The van der Waals surface area contributed by atoms with Crippen molar-refractivity contribution < 1.29 is 23.1 Å². The number of hydrogen-bond donors (Lipinski definition) is 2. The number of ether oxygens (including phenoxy) is 1. The molecule has 0 radical (unpaired) electrons. The highest BCUT2D eigenvalue weighted by molar-refractivity contribution is 7.53. The summed E-state index contributed by atoms with van der Waals surface area (Å²) in [6.07, 6.45) is 0.972. The molecule has 28 heavy (non-hydrogen) atoms. The lowest BCUT2D eigenvalue weighted by Gasteiger charge is -2.24. The van der Waals surface area contributed by atoms with Crippen LogP contribution in [0.5, 0.6) is 0 Å². The van der Waals surface area contributed by atoms with Crippen LogP contribution in [0.3, 0.4) is 0 Å². The zero-order chi connectivity index (χ0) is 20.9. The maximum atomic E-state index is 12.8. The van der Waals surface area contributed by atoms with Crippen LogP contribution in [0.1, 0.15) is 34.6 Å². The summed E-state index contributed by atoms with van der Waals surface area (Å²) >= 11 is 0. The Hall–Kier alpha value is -2.07. The van der Waals surface area contributed by atoms with Gasteiger partial charge in [0.15, 0.2) is 11.5 Å². The number of nitrogens with zero attached hydrogens (tertiary/aromatic N) is 4. The average Bonchev–Trinajstić information content (AvgIpc) is 2.95. The van der Waals surface area contributed by atoms with Gasteiger partial charge in [0.05, 0.1) is 31.2 Å². The molecule has 2 heterocycles. The van der Waals surface area contributed by atoms with Crippen molar-refractivity contribution in [2.24, 2.45) is 0 Å². The van der Waals surface area contributed by atoms with E-state index in [4.69, 9.17) is 19.5 Å². The Balaban J connectivity index is 2.10. The van der Waals surface area contributed by atoms with E-state index >= 15 is 0 Å². The first-order valence-electron chi connectivity index (χ1n) is 8.89. The normalized spacial score (nSPS) is 13.4. The van der Waals surface area contributed by atoms with Crippen LogP contribution < -0.4 is 11.1 Å². The fourth-order valence-corrected chi connectivity index (χ4v) is 4.39. The van der Waals surface area contributed by atoms with Gasteiger partial charge < -0.3 is 24.1 Å². The molecule has 0 unspecified atom stereocenters. The highest BCUT2D eigenvalue weighted by atomic mass is 31.2. The van der Waals surface area contributed by atoms with E-state index < -0.39 is 7.60 Å². The fourth-order valence-electron chi connectivity index (χ4n) is 2.49.